The molecule has 2 aromatic carbocycles. The molecule has 2 aliphatic rings. The van der Waals surface area contributed by atoms with E-state index in [2.05, 4.69) is 10.3 Å². The average Bonchev–Trinajstić information content (AvgIpc) is 3.21. The largest absolute Gasteiger partial charge is 0.417 e. The van der Waals surface area contributed by atoms with Crippen LogP contribution < -0.4 is 5.32 Å². The first-order chi connectivity index (χ1) is 15.8. The zero-order chi connectivity index (χ0) is 23.6. The van der Waals surface area contributed by atoms with Crippen LogP contribution in [0.2, 0.25) is 0 Å². The van der Waals surface area contributed by atoms with Gasteiger partial charge in [0.05, 0.1) is 6.61 Å². The number of amidine groups is 1. The van der Waals surface area contributed by atoms with Crippen LogP contribution in [0.4, 0.5) is 13.2 Å². The van der Waals surface area contributed by atoms with Gasteiger partial charge in [0, 0.05) is 7.05 Å². The van der Waals surface area contributed by atoms with Gasteiger partial charge in [-0.3, -0.25) is 4.99 Å². The summed E-state index contributed by atoms with van der Waals surface area (Å²) in [6.07, 6.45) is -11.6. The summed E-state index contributed by atoms with van der Waals surface area (Å²) >= 11 is 1.07. The number of rotatable bonds is 6. The minimum Gasteiger partial charge on any atom is -0.388 e. The summed E-state index contributed by atoms with van der Waals surface area (Å²) < 4.78 is 52.3. The van der Waals surface area contributed by atoms with Crippen molar-refractivity contribution >= 4 is 16.9 Å². The Morgan fingerprint density at radius 2 is 1.67 bits per heavy atom. The van der Waals surface area contributed by atoms with Crippen molar-refractivity contribution in [3.05, 3.63) is 71.3 Å². The molecule has 0 aliphatic carbocycles. The van der Waals surface area contributed by atoms with Crippen LogP contribution in [0.3, 0.4) is 0 Å². The van der Waals surface area contributed by atoms with E-state index in [1.165, 1.54) is 0 Å². The number of hydrogen-bond donors (Lipinski definition) is 3. The monoisotopic (exact) mass is 482 g/mol. The molecule has 33 heavy (non-hydrogen) atoms. The standard InChI is InChI=1S/C23H25F3N2O4S/c1-27-22-28-16-17(29)18(30)19(32-21(16)33-22)20(23(24,25)26)31-12-15-9-7-14(8-10-15)11-13-5-3-2-4-6-13/h2-10,16-21,29-30H,11-12H2,1H3,(H,27,28)/t16-,17-,18+,19+,20-,21-/m1/s1. The molecule has 0 aromatic heterocycles. The van der Waals surface area contributed by atoms with Crippen LogP contribution >= 0.6 is 11.8 Å². The molecular weight excluding hydrogens is 457 g/mol. The first-order valence-corrected chi connectivity index (χ1v) is 11.4. The maximum atomic E-state index is 13.9. The van der Waals surface area contributed by atoms with Gasteiger partial charge in [-0.2, -0.15) is 13.2 Å². The number of alkyl halides is 3. The van der Waals surface area contributed by atoms with Gasteiger partial charge in [0.2, 0.25) is 0 Å². The summed E-state index contributed by atoms with van der Waals surface area (Å²) in [5.74, 6) is 0. The third kappa shape index (κ3) is 5.52. The van der Waals surface area contributed by atoms with E-state index < -0.39 is 42.1 Å². The van der Waals surface area contributed by atoms with Gasteiger partial charge < -0.3 is 25.0 Å². The van der Waals surface area contributed by atoms with Crippen LogP contribution in [-0.2, 0) is 22.5 Å². The Labute approximate surface area is 193 Å². The van der Waals surface area contributed by atoms with Gasteiger partial charge in [-0.15, -0.1) is 0 Å². The van der Waals surface area contributed by atoms with Crippen molar-refractivity contribution in [2.45, 2.75) is 55.1 Å². The lowest BCUT2D eigenvalue weighted by atomic mass is 9.94. The molecule has 178 valence electrons. The predicted octanol–water partition coefficient (Wildman–Crippen LogP) is 2.86. The van der Waals surface area contributed by atoms with Gasteiger partial charge in [0.25, 0.3) is 0 Å². The SMILES string of the molecule is CNC1=N[C@@H]2[C@@H](O)[C@H](O)[C@@H]([C@@H](OCc3ccc(Cc4ccccc4)cc3)C(F)(F)F)O[C@@H]2S1. The Morgan fingerprint density at radius 1 is 1.03 bits per heavy atom. The van der Waals surface area contributed by atoms with Crippen LogP contribution in [0.25, 0.3) is 0 Å². The molecule has 0 saturated carbocycles. The van der Waals surface area contributed by atoms with Crippen molar-refractivity contribution in [3.8, 4) is 0 Å². The Balaban J connectivity index is 1.42. The number of thioether (sulfide) groups is 1. The number of nitrogens with one attached hydrogen (secondary N) is 1. The van der Waals surface area contributed by atoms with Crippen molar-refractivity contribution in [2.75, 3.05) is 7.05 Å². The van der Waals surface area contributed by atoms with Crippen molar-refractivity contribution in [1.82, 2.24) is 5.32 Å². The quantitative estimate of drug-likeness (QED) is 0.588. The topological polar surface area (TPSA) is 83.3 Å². The van der Waals surface area contributed by atoms with Gasteiger partial charge in [0.1, 0.15) is 29.8 Å². The van der Waals surface area contributed by atoms with Crippen molar-refractivity contribution in [1.29, 1.82) is 0 Å². The fraction of sp³-hybridized carbons (Fsp3) is 0.435. The molecule has 3 N–H and O–H groups in total. The van der Waals surface area contributed by atoms with Crippen molar-refractivity contribution in [3.63, 3.8) is 0 Å². The molecule has 0 unspecified atom stereocenters. The number of aliphatic hydroxyl groups excluding tert-OH is 2. The van der Waals surface area contributed by atoms with E-state index in [1.807, 2.05) is 42.5 Å². The molecule has 6 nitrogen and oxygen atoms in total. The van der Waals surface area contributed by atoms with Crippen molar-refractivity contribution < 1.29 is 32.9 Å². The summed E-state index contributed by atoms with van der Waals surface area (Å²) in [5, 5.41) is 24.0. The minimum atomic E-state index is -4.80. The first-order valence-electron chi connectivity index (χ1n) is 10.5. The van der Waals surface area contributed by atoms with Gasteiger partial charge in [0.15, 0.2) is 11.3 Å². The molecule has 0 amide bonds. The maximum absolute atomic E-state index is 13.9. The third-order valence-corrected chi connectivity index (χ3v) is 6.79. The lowest BCUT2D eigenvalue weighted by Crippen LogP contribution is -2.61. The summed E-state index contributed by atoms with van der Waals surface area (Å²) in [6.45, 7) is -0.321. The highest BCUT2D eigenvalue weighted by Crippen LogP contribution is 2.40. The van der Waals surface area contributed by atoms with E-state index in [0.29, 0.717) is 17.2 Å². The van der Waals surface area contributed by atoms with Crippen LogP contribution in [-0.4, -0.2) is 64.5 Å². The van der Waals surface area contributed by atoms with Crippen molar-refractivity contribution in [2.24, 2.45) is 4.99 Å². The predicted molar refractivity (Wildman–Crippen MR) is 119 cm³/mol. The molecule has 2 aliphatic heterocycles. The lowest BCUT2D eigenvalue weighted by Gasteiger charge is -2.41. The highest BCUT2D eigenvalue weighted by atomic mass is 32.2. The molecule has 1 saturated heterocycles. The third-order valence-electron chi connectivity index (χ3n) is 5.64. The first kappa shape index (κ1) is 24.0. The normalized spacial score (nSPS) is 28.2. The summed E-state index contributed by atoms with van der Waals surface area (Å²) in [6, 6.07) is 16.1. The van der Waals surface area contributed by atoms with Crippen LogP contribution in [0.15, 0.2) is 59.6 Å². The fourth-order valence-electron chi connectivity index (χ4n) is 3.90. The Hall–Kier alpha value is -2.11. The number of fused-ring (bicyclic) bond motifs is 1. The number of aliphatic imine (C=N–C) groups is 1. The van der Waals surface area contributed by atoms with Crippen LogP contribution in [0.5, 0.6) is 0 Å². The molecular formula is C23H25F3N2O4S. The highest BCUT2D eigenvalue weighted by Gasteiger charge is 2.57. The van der Waals surface area contributed by atoms with Crippen LogP contribution in [0, 0.1) is 0 Å². The van der Waals surface area contributed by atoms with Gasteiger partial charge in [-0.05, 0) is 23.1 Å². The van der Waals surface area contributed by atoms with Gasteiger partial charge in [-0.1, -0.05) is 66.4 Å². The Bertz CT molecular complexity index is 958. The highest BCUT2D eigenvalue weighted by molar-refractivity contribution is 8.14. The second-order valence-corrected chi connectivity index (χ2v) is 9.08. The molecule has 2 aromatic rings. The maximum Gasteiger partial charge on any atom is 0.417 e. The van der Waals surface area contributed by atoms with E-state index in [9.17, 15) is 23.4 Å². The minimum absolute atomic E-state index is 0.321. The zero-order valence-corrected chi connectivity index (χ0v) is 18.6. The van der Waals surface area contributed by atoms with E-state index >= 15 is 0 Å². The Kier molecular flexibility index (Phi) is 7.30. The summed E-state index contributed by atoms with van der Waals surface area (Å²) in [4.78, 5) is 4.16. The van der Waals surface area contributed by atoms with E-state index in [-0.39, 0.29) is 6.61 Å². The number of halogens is 3. The molecule has 0 spiro atoms. The lowest BCUT2D eigenvalue weighted by molar-refractivity contribution is -0.286. The number of nitrogens with zero attached hydrogens (tertiary/aromatic N) is 1. The van der Waals surface area contributed by atoms with E-state index in [0.717, 1.165) is 22.9 Å². The second kappa shape index (κ2) is 10.0. The number of ether oxygens (including phenoxy) is 2. The Morgan fingerprint density at radius 3 is 2.30 bits per heavy atom. The van der Waals surface area contributed by atoms with Crippen LogP contribution in [0.1, 0.15) is 16.7 Å². The smallest absolute Gasteiger partial charge is 0.388 e. The molecule has 10 heteroatoms. The molecule has 4 rings (SSSR count). The van der Waals surface area contributed by atoms with E-state index in [1.54, 1.807) is 19.2 Å². The zero-order valence-electron chi connectivity index (χ0n) is 17.8. The summed E-state index contributed by atoms with van der Waals surface area (Å²) in [5.41, 5.74) is 1.87. The summed E-state index contributed by atoms with van der Waals surface area (Å²) in [7, 11) is 1.61. The number of aliphatic hydroxyl groups is 2. The van der Waals surface area contributed by atoms with Gasteiger partial charge in [-0.25, -0.2) is 0 Å². The second-order valence-electron chi connectivity index (χ2n) is 8.00. The van der Waals surface area contributed by atoms with Gasteiger partial charge >= 0.3 is 6.18 Å². The molecule has 0 bridgehead atoms. The fourth-order valence-corrected chi connectivity index (χ4v) is 4.97. The average molecular weight is 483 g/mol. The molecule has 0 radical (unpaired) electrons. The number of benzene rings is 2. The molecule has 1 fully saturated rings. The number of hydrogen-bond acceptors (Lipinski definition) is 7. The molecule has 2 heterocycles. The van der Waals surface area contributed by atoms with E-state index in [4.69, 9.17) is 9.47 Å². The molecule has 6 atom stereocenters.